The van der Waals surface area contributed by atoms with Gasteiger partial charge in [0.25, 0.3) is 0 Å². The molecule has 1 aromatic rings. The maximum Gasteiger partial charge on any atom is 0.0429 e. The third-order valence-corrected chi connectivity index (χ3v) is 4.71. The summed E-state index contributed by atoms with van der Waals surface area (Å²) in [5, 5.41) is 3.75. The Balaban J connectivity index is 1.67. The van der Waals surface area contributed by atoms with Gasteiger partial charge in [0, 0.05) is 24.3 Å². The van der Waals surface area contributed by atoms with Crippen molar-refractivity contribution in [1.82, 2.24) is 4.90 Å². The van der Waals surface area contributed by atoms with Gasteiger partial charge in [-0.2, -0.15) is 0 Å². The fourth-order valence-electron chi connectivity index (χ4n) is 3.53. The molecule has 2 heterocycles. The minimum atomic E-state index is 0.244. The van der Waals surface area contributed by atoms with Crippen LogP contribution < -0.4 is 5.32 Å². The lowest BCUT2D eigenvalue weighted by atomic mass is 9.87. The smallest absolute Gasteiger partial charge is 0.0429 e. The van der Waals surface area contributed by atoms with Crippen LogP contribution in [0.2, 0.25) is 0 Å². The Morgan fingerprint density at radius 2 is 1.79 bits per heavy atom. The van der Waals surface area contributed by atoms with Crippen LogP contribution in [0.1, 0.15) is 45.6 Å². The van der Waals surface area contributed by atoms with Gasteiger partial charge in [0.05, 0.1) is 0 Å². The number of rotatable bonds is 2. The number of hydrogen-bond donors (Lipinski definition) is 1. The van der Waals surface area contributed by atoms with Crippen molar-refractivity contribution in [2.45, 2.75) is 57.5 Å². The van der Waals surface area contributed by atoms with Crippen LogP contribution in [0.5, 0.6) is 0 Å². The summed E-state index contributed by atoms with van der Waals surface area (Å²) < 4.78 is 0. The first kappa shape index (κ1) is 13.0. The summed E-state index contributed by atoms with van der Waals surface area (Å²) in [6.07, 6.45) is 4.05. The predicted octanol–water partition coefficient (Wildman–Crippen LogP) is 3.63. The van der Waals surface area contributed by atoms with Gasteiger partial charge in [-0.1, -0.05) is 32.9 Å². The third kappa shape index (κ3) is 2.64. The van der Waals surface area contributed by atoms with E-state index in [4.69, 9.17) is 0 Å². The van der Waals surface area contributed by atoms with E-state index in [0.29, 0.717) is 6.04 Å². The van der Waals surface area contributed by atoms with E-state index in [-0.39, 0.29) is 5.41 Å². The van der Waals surface area contributed by atoms with Gasteiger partial charge in [0.2, 0.25) is 0 Å². The monoisotopic (exact) mass is 258 g/mol. The van der Waals surface area contributed by atoms with E-state index in [1.807, 2.05) is 0 Å². The maximum absolute atomic E-state index is 3.75. The van der Waals surface area contributed by atoms with Crippen LogP contribution in [0.15, 0.2) is 24.3 Å². The minimum absolute atomic E-state index is 0.244. The highest BCUT2D eigenvalue weighted by molar-refractivity contribution is 5.47. The summed E-state index contributed by atoms with van der Waals surface area (Å²) in [4.78, 5) is 2.65. The van der Waals surface area contributed by atoms with Crippen LogP contribution in [0.4, 0.5) is 5.69 Å². The predicted molar refractivity (Wildman–Crippen MR) is 81.8 cm³/mol. The van der Waals surface area contributed by atoms with E-state index < -0.39 is 0 Å². The van der Waals surface area contributed by atoms with Crippen LogP contribution in [0, 0.1) is 0 Å². The van der Waals surface area contributed by atoms with E-state index in [9.17, 15) is 0 Å². The van der Waals surface area contributed by atoms with Gasteiger partial charge in [0.1, 0.15) is 0 Å². The van der Waals surface area contributed by atoms with Crippen molar-refractivity contribution in [3.63, 3.8) is 0 Å². The molecule has 2 heteroatoms. The Morgan fingerprint density at radius 1 is 1.05 bits per heavy atom. The quantitative estimate of drug-likeness (QED) is 0.871. The van der Waals surface area contributed by atoms with Crippen molar-refractivity contribution >= 4 is 5.69 Å². The fraction of sp³-hybridized carbons (Fsp3) is 0.647. The van der Waals surface area contributed by atoms with Crippen molar-refractivity contribution < 1.29 is 0 Å². The van der Waals surface area contributed by atoms with Crippen molar-refractivity contribution in [3.05, 3.63) is 29.8 Å². The Bertz CT molecular complexity index is 430. The van der Waals surface area contributed by atoms with Gasteiger partial charge in [-0.25, -0.2) is 0 Å². The Labute approximate surface area is 117 Å². The molecule has 0 bridgehead atoms. The van der Waals surface area contributed by atoms with Gasteiger partial charge in [-0.15, -0.1) is 0 Å². The number of nitrogens with zero attached hydrogens (tertiary/aromatic N) is 1. The highest BCUT2D eigenvalue weighted by Gasteiger charge is 2.36. The van der Waals surface area contributed by atoms with E-state index in [2.05, 4.69) is 55.3 Å². The zero-order valence-electron chi connectivity index (χ0n) is 12.4. The SMILES string of the molecule is CC(C)(C)c1ccc(NC2CCN3CCCC23)cc1. The van der Waals surface area contributed by atoms with E-state index in [0.717, 1.165) is 6.04 Å². The molecule has 2 nitrogen and oxygen atoms in total. The molecule has 1 aromatic carbocycles. The maximum atomic E-state index is 3.75. The fourth-order valence-corrected chi connectivity index (χ4v) is 3.53. The van der Waals surface area contributed by atoms with Gasteiger partial charge in [-0.05, 0) is 48.9 Å². The van der Waals surface area contributed by atoms with Crippen molar-refractivity contribution in [2.75, 3.05) is 18.4 Å². The summed E-state index contributed by atoms with van der Waals surface area (Å²) in [5.74, 6) is 0. The average Bonchev–Trinajstić information content (AvgIpc) is 2.94. The summed E-state index contributed by atoms with van der Waals surface area (Å²) in [7, 11) is 0. The average molecular weight is 258 g/mol. The molecule has 3 rings (SSSR count). The second kappa shape index (κ2) is 4.82. The molecule has 0 spiro atoms. The molecular weight excluding hydrogens is 232 g/mol. The lowest BCUT2D eigenvalue weighted by Crippen LogP contribution is -2.33. The molecule has 2 saturated heterocycles. The zero-order chi connectivity index (χ0) is 13.5. The Kier molecular flexibility index (Phi) is 3.30. The summed E-state index contributed by atoms with van der Waals surface area (Å²) in [6, 6.07) is 10.5. The summed E-state index contributed by atoms with van der Waals surface area (Å²) in [5.41, 5.74) is 2.94. The molecule has 0 aliphatic carbocycles. The molecule has 104 valence electrons. The molecule has 2 unspecified atom stereocenters. The first-order valence-corrected chi connectivity index (χ1v) is 7.65. The van der Waals surface area contributed by atoms with Crippen LogP contribution >= 0.6 is 0 Å². The van der Waals surface area contributed by atoms with Crippen molar-refractivity contribution in [1.29, 1.82) is 0 Å². The zero-order valence-corrected chi connectivity index (χ0v) is 12.4. The number of anilines is 1. The number of fused-ring (bicyclic) bond motifs is 1. The molecule has 2 fully saturated rings. The highest BCUT2D eigenvalue weighted by atomic mass is 15.2. The topological polar surface area (TPSA) is 15.3 Å². The van der Waals surface area contributed by atoms with Crippen molar-refractivity contribution in [3.8, 4) is 0 Å². The van der Waals surface area contributed by atoms with Crippen LogP contribution in [0.3, 0.4) is 0 Å². The molecular formula is C17H26N2. The van der Waals surface area contributed by atoms with E-state index in [1.54, 1.807) is 0 Å². The molecule has 2 atom stereocenters. The molecule has 2 aliphatic heterocycles. The number of hydrogen-bond acceptors (Lipinski definition) is 2. The number of benzene rings is 1. The molecule has 0 amide bonds. The lowest BCUT2D eigenvalue weighted by molar-refractivity contribution is 0.318. The highest BCUT2D eigenvalue weighted by Crippen LogP contribution is 2.30. The van der Waals surface area contributed by atoms with Gasteiger partial charge in [-0.3, -0.25) is 4.90 Å². The van der Waals surface area contributed by atoms with Gasteiger partial charge in [0.15, 0.2) is 0 Å². The molecule has 2 aliphatic rings. The second-order valence-electron chi connectivity index (χ2n) is 7.11. The second-order valence-corrected chi connectivity index (χ2v) is 7.11. The number of nitrogens with one attached hydrogen (secondary N) is 1. The van der Waals surface area contributed by atoms with E-state index >= 15 is 0 Å². The van der Waals surface area contributed by atoms with Crippen molar-refractivity contribution in [2.24, 2.45) is 0 Å². The summed E-state index contributed by atoms with van der Waals surface area (Å²) >= 11 is 0. The molecule has 0 saturated carbocycles. The normalized spacial score (nSPS) is 27.5. The molecule has 19 heavy (non-hydrogen) atoms. The molecule has 1 N–H and O–H groups in total. The van der Waals surface area contributed by atoms with E-state index in [1.165, 1.54) is 43.6 Å². The molecule has 0 radical (unpaired) electrons. The standard InChI is InChI=1S/C17H26N2/c1-17(2,3)13-6-8-14(9-7-13)18-15-10-12-19-11-4-5-16(15)19/h6-9,15-16,18H,4-5,10-12H2,1-3H3. The Morgan fingerprint density at radius 3 is 2.47 bits per heavy atom. The van der Waals surface area contributed by atoms with Gasteiger partial charge < -0.3 is 5.32 Å². The van der Waals surface area contributed by atoms with Crippen LogP contribution in [-0.2, 0) is 5.41 Å². The first-order valence-electron chi connectivity index (χ1n) is 7.65. The summed E-state index contributed by atoms with van der Waals surface area (Å²) in [6.45, 7) is 9.39. The van der Waals surface area contributed by atoms with Crippen LogP contribution in [-0.4, -0.2) is 30.1 Å². The van der Waals surface area contributed by atoms with Gasteiger partial charge >= 0.3 is 0 Å². The minimum Gasteiger partial charge on any atom is -0.381 e. The molecule has 0 aromatic heterocycles. The first-order chi connectivity index (χ1) is 9.04. The largest absolute Gasteiger partial charge is 0.381 e. The van der Waals surface area contributed by atoms with Crippen LogP contribution in [0.25, 0.3) is 0 Å². The third-order valence-electron chi connectivity index (χ3n) is 4.71. The Hall–Kier alpha value is -1.02. The lowest BCUT2D eigenvalue weighted by Gasteiger charge is -2.23.